The minimum atomic E-state index is -0.898. The van der Waals surface area contributed by atoms with Gasteiger partial charge >= 0.3 is 5.97 Å². The number of pyridine rings is 1. The van der Waals surface area contributed by atoms with Gasteiger partial charge in [0.1, 0.15) is 5.52 Å². The Balaban J connectivity index is 2.32. The molecular formula is C13H16N4O3S. The zero-order valence-electron chi connectivity index (χ0n) is 11.8. The second kappa shape index (κ2) is 6.57. The van der Waals surface area contributed by atoms with Gasteiger partial charge in [-0.05, 0) is 18.6 Å². The van der Waals surface area contributed by atoms with Crippen LogP contribution >= 0.6 is 11.8 Å². The van der Waals surface area contributed by atoms with Gasteiger partial charge in [-0.15, -0.1) is 0 Å². The Morgan fingerprint density at radius 3 is 2.90 bits per heavy atom. The van der Waals surface area contributed by atoms with E-state index in [9.17, 15) is 9.59 Å². The molecule has 0 radical (unpaired) electrons. The molecule has 0 saturated carbocycles. The number of nitrogens with one attached hydrogen (secondary N) is 1. The normalized spacial score (nSPS) is 10.8. The zero-order chi connectivity index (χ0) is 15.4. The number of imidazole rings is 1. The smallest absolute Gasteiger partial charge is 0.313 e. The second-order valence-corrected chi connectivity index (χ2v) is 5.45. The van der Waals surface area contributed by atoms with Crippen molar-refractivity contribution in [1.29, 1.82) is 0 Å². The highest BCUT2D eigenvalue weighted by Gasteiger charge is 2.14. The maximum atomic E-state index is 11.0. The topological polar surface area (TPSA) is 97.1 Å². The molecule has 0 aliphatic carbocycles. The number of hydrogen-bond acceptors (Lipinski definition) is 5. The van der Waals surface area contributed by atoms with Crippen molar-refractivity contribution in [2.45, 2.75) is 25.5 Å². The predicted molar refractivity (Wildman–Crippen MR) is 79.3 cm³/mol. The molecule has 0 saturated heterocycles. The predicted octanol–water partition coefficient (Wildman–Crippen LogP) is 1.05. The van der Waals surface area contributed by atoms with Crippen molar-refractivity contribution in [2.24, 2.45) is 0 Å². The Morgan fingerprint density at radius 1 is 1.48 bits per heavy atom. The number of aryl methyl sites for hydroxylation is 1. The lowest BCUT2D eigenvalue weighted by Gasteiger charge is -2.08. The van der Waals surface area contributed by atoms with E-state index in [-0.39, 0.29) is 11.7 Å². The van der Waals surface area contributed by atoms with E-state index >= 15 is 0 Å². The van der Waals surface area contributed by atoms with Gasteiger partial charge in [-0.3, -0.25) is 9.59 Å². The van der Waals surface area contributed by atoms with E-state index in [0.29, 0.717) is 23.9 Å². The van der Waals surface area contributed by atoms with Gasteiger partial charge in [0, 0.05) is 26.2 Å². The van der Waals surface area contributed by atoms with E-state index in [0.717, 1.165) is 22.8 Å². The van der Waals surface area contributed by atoms with Gasteiger partial charge in [0.05, 0.1) is 5.75 Å². The molecule has 2 aromatic heterocycles. The van der Waals surface area contributed by atoms with Crippen molar-refractivity contribution in [3.8, 4) is 0 Å². The summed E-state index contributed by atoms with van der Waals surface area (Å²) in [6.07, 6.45) is 1.69. The third-order valence-electron chi connectivity index (χ3n) is 2.83. The molecule has 0 aliphatic heterocycles. The van der Waals surface area contributed by atoms with Crippen LogP contribution in [-0.2, 0) is 16.1 Å². The Labute approximate surface area is 125 Å². The number of hydrogen-bond donors (Lipinski definition) is 2. The number of amides is 1. The molecule has 0 fully saturated rings. The van der Waals surface area contributed by atoms with Gasteiger partial charge in [-0.1, -0.05) is 11.8 Å². The van der Waals surface area contributed by atoms with E-state index in [2.05, 4.69) is 15.3 Å². The summed E-state index contributed by atoms with van der Waals surface area (Å²) >= 11 is 1.15. The quantitative estimate of drug-likeness (QED) is 0.774. The zero-order valence-corrected chi connectivity index (χ0v) is 12.6. The Bertz CT molecular complexity index is 683. The fourth-order valence-corrected chi connectivity index (χ4v) is 2.64. The summed E-state index contributed by atoms with van der Waals surface area (Å²) < 4.78 is 1.84. The number of carbonyl (C=O) groups excluding carboxylic acids is 1. The summed E-state index contributed by atoms with van der Waals surface area (Å²) in [7, 11) is 0. The maximum Gasteiger partial charge on any atom is 0.313 e. The second-order valence-electron chi connectivity index (χ2n) is 4.51. The number of aromatic nitrogens is 3. The number of aliphatic carboxylic acids is 1. The molecule has 8 heteroatoms. The number of carboxylic acid groups (broad SMARTS) is 1. The summed E-state index contributed by atoms with van der Waals surface area (Å²) in [6.45, 7) is 4.32. The lowest BCUT2D eigenvalue weighted by atomic mass is 10.3. The lowest BCUT2D eigenvalue weighted by Crippen LogP contribution is -2.24. The number of fused-ring (bicyclic) bond motifs is 1. The van der Waals surface area contributed by atoms with Crippen LogP contribution in [0.3, 0.4) is 0 Å². The molecule has 2 rings (SSSR count). The Hall–Kier alpha value is -2.09. The van der Waals surface area contributed by atoms with Crippen molar-refractivity contribution in [3.05, 3.63) is 17.8 Å². The third-order valence-corrected chi connectivity index (χ3v) is 3.80. The fraction of sp³-hybridized carbons (Fsp3) is 0.385. The highest BCUT2D eigenvalue weighted by Crippen LogP contribution is 2.24. The van der Waals surface area contributed by atoms with Crippen LogP contribution in [0.15, 0.2) is 17.4 Å². The lowest BCUT2D eigenvalue weighted by molar-refractivity contribution is -0.133. The van der Waals surface area contributed by atoms with Crippen molar-refractivity contribution in [3.63, 3.8) is 0 Å². The van der Waals surface area contributed by atoms with Crippen LogP contribution in [0.2, 0.25) is 0 Å². The van der Waals surface area contributed by atoms with Crippen LogP contribution in [0.25, 0.3) is 11.2 Å². The summed E-state index contributed by atoms with van der Waals surface area (Å²) in [5.74, 6) is -1.07. The van der Waals surface area contributed by atoms with Gasteiger partial charge in [-0.2, -0.15) is 0 Å². The van der Waals surface area contributed by atoms with Crippen LogP contribution in [0.5, 0.6) is 0 Å². The Kier molecular flexibility index (Phi) is 4.79. The van der Waals surface area contributed by atoms with Gasteiger partial charge in [0.25, 0.3) is 0 Å². The number of carbonyl (C=O) groups is 2. The molecule has 7 nitrogen and oxygen atoms in total. The number of rotatable bonds is 6. The van der Waals surface area contributed by atoms with Crippen LogP contribution in [0.1, 0.15) is 12.5 Å². The van der Waals surface area contributed by atoms with Gasteiger partial charge in [0.15, 0.2) is 10.8 Å². The van der Waals surface area contributed by atoms with Crippen molar-refractivity contribution < 1.29 is 14.7 Å². The molecule has 0 atom stereocenters. The van der Waals surface area contributed by atoms with E-state index in [1.165, 1.54) is 6.92 Å². The molecule has 112 valence electrons. The van der Waals surface area contributed by atoms with Gasteiger partial charge < -0.3 is 15.0 Å². The monoisotopic (exact) mass is 308 g/mol. The molecule has 0 spiro atoms. The summed E-state index contributed by atoms with van der Waals surface area (Å²) in [5.41, 5.74) is 2.44. The number of nitrogens with zero attached hydrogens (tertiary/aromatic N) is 3. The average molecular weight is 308 g/mol. The largest absolute Gasteiger partial charge is 0.481 e. The van der Waals surface area contributed by atoms with Crippen LogP contribution in [0, 0.1) is 6.92 Å². The fourth-order valence-electron chi connectivity index (χ4n) is 1.90. The molecular weight excluding hydrogens is 292 g/mol. The first-order valence-corrected chi connectivity index (χ1v) is 7.38. The van der Waals surface area contributed by atoms with Crippen molar-refractivity contribution in [2.75, 3.05) is 12.3 Å². The summed E-state index contributed by atoms with van der Waals surface area (Å²) in [4.78, 5) is 30.5. The number of carboxylic acids is 1. The van der Waals surface area contributed by atoms with E-state index in [1.54, 1.807) is 6.20 Å². The standard InChI is InChI=1S/C13H16N4O3S/c1-8-3-4-15-12-11(8)16-13(21-7-10(19)20)17(12)6-5-14-9(2)18/h3-4H,5-7H2,1-2H3,(H,14,18)(H,19,20). The Morgan fingerprint density at radius 2 is 2.24 bits per heavy atom. The van der Waals surface area contributed by atoms with E-state index in [4.69, 9.17) is 5.11 Å². The number of thioether (sulfide) groups is 1. The highest BCUT2D eigenvalue weighted by atomic mass is 32.2. The van der Waals surface area contributed by atoms with E-state index < -0.39 is 5.97 Å². The highest BCUT2D eigenvalue weighted by molar-refractivity contribution is 7.99. The van der Waals surface area contributed by atoms with E-state index in [1.807, 2.05) is 17.6 Å². The summed E-state index contributed by atoms with van der Waals surface area (Å²) in [6, 6.07) is 1.86. The molecule has 2 N–H and O–H groups in total. The first kappa shape index (κ1) is 15.3. The van der Waals surface area contributed by atoms with Crippen LogP contribution in [0.4, 0.5) is 0 Å². The van der Waals surface area contributed by atoms with Crippen LogP contribution in [-0.4, -0.2) is 43.8 Å². The van der Waals surface area contributed by atoms with Gasteiger partial charge in [0.2, 0.25) is 5.91 Å². The van der Waals surface area contributed by atoms with Gasteiger partial charge in [-0.25, -0.2) is 9.97 Å². The molecule has 2 heterocycles. The molecule has 0 unspecified atom stereocenters. The van der Waals surface area contributed by atoms with Crippen molar-refractivity contribution >= 4 is 34.8 Å². The molecule has 21 heavy (non-hydrogen) atoms. The minimum Gasteiger partial charge on any atom is -0.481 e. The molecule has 1 amide bonds. The van der Waals surface area contributed by atoms with Crippen LogP contribution < -0.4 is 5.32 Å². The molecule has 2 aromatic rings. The van der Waals surface area contributed by atoms with Crippen molar-refractivity contribution in [1.82, 2.24) is 19.9 Å². The first-order valence-electron chi connectivity index (χ1n) is 6.40. The third kappa shape index (κ3) is 3.72. The SMILES string of the molecule is CC(=O)NCCn1c(SCC(=O)O)nc2c(C)ccnc21. The molecule has 0 bridgehead atoms. The molecule has 0 aromatic carbocycles. The first-order chi connectivity index (χ1) is 9.99. The summed E-state index contributed by atoms with van der Waals surface area (Å²) in [5, 5.41) is 12.1. The molecule has 0 aliphatic rings. The minimum absolute atomic E-state index is 0.0670. The average Bonchev–Trinajstić information content (AvgIpc) is 2.76. The maximum absolute atomic E-state index is 11.0.